The Morgan fingerprint density at radius 3 is 2.23 bits per heavy atom. The topological polar surface area (TPSA) is 47.3 Å². The summed E-state index contributed by atoms with van der Waals surface area (Å²) in [6.07, 6.45) is -4.75. The van der Waals surface area contributed by atoms with Gasteiger partial charge in [0.25, 0.3) is 5.91 Å². The van der Waals surface area contributed by atoms with Gasteiger partial charge in [-0.25, -0.2) is 4.39 Å². The van der Waals surface area contributed by atoms with E-state index in [1.165, 1.54) is 55.6 Å². The van der Waals surface area contributed by atoms with Gasteiger partial charge in [-0.05, 0) is 56.7 Å². The van der Waals surface area contributed by atoms with Crippen LogP contribution in [0.4, 0.5) is 28.9 Å². The molecule has 0 aliphatic carbocycles. The molecule has 0 aromatic heterocycles. The van der Waals surface area contributed by atoms with E-state index in [1.807, 2.05) is 0 Å². The summed E-state index contributed by atoms with van der Waals surface area (Å²) in [6, 6.07) is 8.89. The van der Waals surface area contributed by atoms with E-state index in [0.717, 1.165) is 17.0 Å². The normalized spacial score (nSPS) is 11.6. The van der Waals surface area contributed by atoms with Crippen LogP contribution >= 0.6 is 12.2 Å². The number of nitriles is 1. The van der Waals surface area contributed by atoms with Gasteiger partial charge >= 0.3 is 6.18 Å². The third kappa shape index (κ3) is 4.44. The van der Waals surface area contributed by atoms with Crippen molar-refractivity contribution >= 4 is 35.0 Å². The number of carbonyl (C=O) groups excluding carboxylic acids is 1. The van der Waals surface area contributed by atoms with E-state index in [4.69, 9.17) is 17.5 Å². The van der Waals surface area contributed by atoms with Gasteiger partial charge in [-0.15, -0.1) is 0 Å². The molecule has 0 bridgehead atoms. The summed E-state index contributed by atoms with van der Waals surface area (Å²) in [5, 5.41) is 8.94. The highest BCUT2D eigenvalue weighted by Crippen LogP contribution is 2.35. The Morgan fingerprint density at radius 1 is 1.13 bits per heavy atom. The first-order valence-electron chi connectivity index (χ1n) is 8.75. The third-order valence-electron chi connectivity index (χ3n) is 4.79. The van der Waals surface area contributed by atoms with Gasteiger partial charge in [-0.2, -0.15) is 18.4 Å². The second-order valence-electron chi connectivity index (χ2n) is 7.17. The number of anilines is 2. The molecular formula is C21H19F4N3OS. The number of hydrogen-bond acceptors (Lipinski definition) is 3. The summed E-state index contributed by atoms with van der Waals surface area (Å²) in [6.45, 7) is 4.65. The Hall–Kier alpha value is -2.99. The number of benzene rings is 2. The Morgan fingerprint density at radius 2 is 1.73 bits per heavy atom. The Kier molecular flexibility index (Phi) is 6.52. The molecule has 0 saturated heterocycles. The lowest BCUT2D eigenvalue weighted by atomic mass is 9.99. The number of thiocarbonyl (C=S) groups is 1. The van der Waals surface area contributed by atoms with Crippen LogP contribution in [0.1, 0.15) is 30.5 Å². The van der Waals surface area contributed by atoms with Crippen LogP contribution in [-0.2, 0) is 11.0 Å². The van der Waals surface area contributed by atoms with E-state index < -0.39 is 34.6 Å². The van der Waals surface area contributed by atoms with Crippen LogP contribution in [0, 0.1) is 24.1 Å². The summed E-state index contributed by atoms with van der Waals surface area (Å²) in [5.74, 6) is -1.06. The molecule has 0 unspecified atom stereocenters. The number of carbonyl (C=O) groups is 1. The number of alkyl halides is 3. The minimum Gasteiger partial charge on any atom is -0.324 e. The van der Waals surface area contributed by atoms with Crippen LogP contribution in [0.5, 0.6) is 0 Å². The molecule has 0 heterocycles. The standard InChI is InChI=1S/C21H19F4N3OS/c1-13-5-7-16(10-18(13)22)28(12-30)20(2,3)19(29)27(4)15-8-6-14(11-26)17(9-15)21(23,24)25/h5-10,12H,1-4H3. The number of aryl methyl sites for hydroxylation is 1. The SMILES string of the molecule is Cc1ccc(N(C=S)C(C)(C)C(=O)N(C)c2ccc(C#N)c(C(F)(F)F)c2)cc1F. The van der Waals surface area contributed by atoms with Crippen molar-refractivity contribution in [2.45, 2.75) is 32.5 Å². The van der Waals surface area contributed by atoms with Crippen molar-refractivity contribution < 1.29 is 22.4 Å². The van der Waals surface area contributed by atoms with Crippen molar-refractivity contribution in [3.8, 4) is 6.07 Å². The zero-order valence-corrected chi connectivity index (χ0v) is 17.5. The fraction of sp³-hybridized carbons (Fsp3) is 0.286. The highest BCUT2D eigenvalue weighted by molar-refractivity contribution is 7.79. The summed E-state index contributed by atoms with van der Waals surface area (Å²) < 4.78 is 53.8. The maximum absolute atomic E-state index is 14.0. The first-order chi connectivity index (χ1) is 13.8. The molecule has 0 spiro atoms. The van der Waals surface area contributed by atoms with Crippen LogP contribution in [0.3, 0.4) is 0 Å². The first kappa shape index (κ1) is 23.3. The zero-order chi connectivity index (χ0) is 22.9. The van der Waals surface area contributed by atoms with E-state index >= 15 is 0 Å². The second-order valence-corrected chi connectivity index (χ2v) is 7.38. The average molecular weight is 437 g/mol. The fourth-order valence-electron chi connectivity index (χ4n) is 2.95. The summed E-state index contributed by atoms with van der Waals surface area (Å²) >= 11 is 5.03. The molecule has 2 aromatic carbocycles. The number of amides is 1. The summed E-state index contributed by atoms with van der Waals surface area (Å²) in [5.41, 5.74) is -1.12. The maximum atomic E-state index is 14.0. The van der Waals surface area contributed by atoms with E-state index in [2.05, 4.69) is 0 Å². The largest absolute Gasteiger partial charge is 0.417 e. The van der Waals surface area contributed by atoms with E-state index in [9.17, 15) is 22.4 Å². The van der Waals surface area contributed by atoms with Crippen molar-refractivity contribution in [1.82, 2.24) is 0 Å². The van der Waals surface area contributed by atoms with Gasteiger partial charge in [0.15, 0.2) is 0 Å². The minimum atomic E-state index is -4.75. The molecule has 0 aliphatic heterocycles. The number of halogens is 4. The van der Waals surface area contributed by atoms with Crippen LogP contribution in [0.25, 0.3) is 0 Å². The predicted octanol–water partition coefficient (Wildman–Crippen LogP) is 5.23. The molecule has 0 aliphatic rings. The van der Waals surface area contributed by atoms with Crippen LogP contribution in [0.2, 0.25) is 0 Å². The predicted molar refractivity (Wildman–Crippen MR) is 111 cm³/mol. The molecule has 9 heteroatoms. The summed E-state index contributed by atoms with van der Waals surface area (Å²) in [7, 11) is 1.32. The fourth-order valence-corrected chi connectivity index (χ4v) is 3.34. The molecule has 0 atom stereocenters. The molecular weight excluding hydrogens is 418 g/mol. The average Bonchev–Trinajstić information content (AvgIpc) is 2.68. The molecule has 1 amide bonds. The van der Waals surface area contributed by atoms with Crippen molar-refractivity contribution in [3.05, 3.63) is 58.9 Å². The quantitative estimate of drug-likeness (QED) is 0.475. The molecule has 0 fully saturated rings. The molecule has 30 heavy (non-hydrogen) atoms. The Balaban J connectivity index is 2.45. The van der Waals surface area contributed by atoms with Gasteiger partial charge < -0.3 is 9.80 Å². The van der Waals surface area contributed by atoms with Gasteiger partial charge in [0.05, 0.1) is 22.7 Å². The highest BCUT2D eigenvalue weighted by Gasteiger charge is 2.38. The lowest BCUT2D eigenvalue weighted by molar-refractivity contribution is -0.137. The smallest absolute Gasteiger partial charge is 0.324 e. The van der Waals surface area contributed by atoms with Crippen molar-refractivity contribution in [1.29, 1.82) is 5.26 Å². The van der Waals surface area contributed by atoms with Crippen LogP contribution in [0.15, 0.2) is 36.4 Å². The van der Waals surface area contributed by atoms with Gasteiger partial charge in [0, 0.05) is 18.4 Å². The van der Waals surface area contributed by atoms with Crippen molar-refractivity contribution in [3.63, 3.8) is 0 Å². The minimum absolute atomic E-state index is 0.0428. The first-order valence-corrected chi connectivity index (χ1v) is 9.22. The maximum Gasteiger partial charge on any atom is 0.417 e. The van der Waals surface area contributed by atoms with Gasteiger partial charge in [0.2, 0.25) is 0 Å². The van der Waals surface area contributed by atoms with Gasteiger partial charge in [0.1, 0.15) is 11.4 Å². The molecule has 2 rings (SSSR count). The zero-order valence-electron chi connectivity index (χ0n) is 16.7. The Bertz CT molecular complexity index is 1030. The lowest BCUT2D eigenvalue weighted by Crippen LogP contribution is -2.55. The van der Waals surface area contributed by atoms with Crippen molar-refractivity contribution in [2.75, 3.05) is 16.8 Å². The van der Waals surface area contributed by atoms with Crippen molar-refractivity contribution in [2.24, 2.45) is 0 Å². The van der Waals surface area contributed by atoms with Crippen LogP contribution < -0.4 is 9.80 Å². The number of rotatable bonds is 5. The van der Waals surface area contributed by atoms with Gasteiger partial charge in [-0.3, -0.25) is 4.79 Å². The van der Waals surface area contributed by atoms with E-state index in [-0.39, 0.29) is 5.69 Å². The van der Waals surface area contributed by atoms with E-state index in [0.29, 0.717) is 11.3 Å². The second kappa shape index (κ2) is 8.40. The molecule has 4 nitrogen and oxygen atoms in total. The number of likely N-dealkylation sites (N-methyl/N-ethyl adjacent to an activating group) is 1. The number of hydrogen-bond donors (Lipinski definition) is 0. The van der Waals surface area contributed by atoms with Gasteiger partial charge in [-0.1, -0.05) is 18.3 Å². The summed E-state index contributed by atoms with van der Waals surface area (Å²) in [4.78, 5) is 15.6. The Labute approximate surface area is 177 Å². The molecule has 0 N–H and O–H groups in total. The third-order valence-corrected chi connectivity index (χ3v) is 5.00. The molecule has 0 radical (unpaired) electrons. The van der Waals surface area contributed by atoms with Crippen LogP contribution in [-0.4, -0.2) is 24.0 Å². The molecule has 0 saturated carbocycles. The monoisotopic (exact) mass is 437 g/mol. The molecule has 158 valence electrons. The lowest BCUT2D eigenvalue weighted by Gasteiger charge is -2.38. The molecule has 2 aromatic rings. The number of nitrogens with zero attached hydrogens (tertiary/aromatic N) is 3. The highest BCUT2D eigenvalue weighted by atomic mass is 32.1. The van der Waals surface area contributed by atoms with E-state index in [1.54, 1.807) is 13.0 Å².